The fourth-order valence-corrected chi connectivity index (χ4v) is 3.89. The predicted octanol–water partition coefficient (Wildman–Crippen LogP) is 1.36. The fraction of sp³-hybridized carbons (Fsp3) is 0.333. The van der Waals surface area contributed by atoms with Crippen LogP contribution in [0.1, 0.15) is 24.8 Å². The summed E-state index contributed by atoms with van der Waals surface area (Å²) in [5.74, 6) is -0.595. The zero-order chi connectivity index (χ0) is 20.7. The number of nitrogens with one attached hydrogen (secondary N) is 3. The third kappa shape index (κ3) is 6.69. The highest BCUT2D eigenvalue weighted by Gasteiger charge is 2.28. The Kier molecular flexibility index (Phi) is 7.00. The number of sulfonamides is 1. The highest BCUT2D eigenvalue weighted by atomic mass is 32.2. The lowest BCUT2D eigenvalue weighted by molar-refractivity contribution is -0.129. The lowest BCUT2D eigenvalue weighted by Crippen LogP contribution is -2.49. The molecule has 0 saturated heterocycles. The van der Waals surface area contributed by atoms with Crippen molar-refractivity contribution in [1.29, 1.82) is 0 Å². The summed E-state index contributed by atoms with van der Waals surface area (Å²) in [6.45, 7) is -0.0502. The zero-order valence-electron chi connectivity index (χ0n) is 16.0. The number of hydrogen-bond acceptors (Lipinski definition) is 4. The molecule has 0 spiro atoms. The molecule has 1 aliphatic carbocycles. The van der Waals surface area contributed by atoms with Gasteiger partial charge in [-0.1, -0.05) is 48.5 Å². The molecule has 0 aliphatic heterocycles. The van der Waals surface area contributed by atoms with Crippen molar-refractivity contribution in [2.45, 2.75) is 42.7 Å². The van der Waals surface area contributed by atoms with E-state index >= 15 is 0 Å². The number of carbonyl (C=O) groups is 2. The number of hydrogen-bond donors (Lipinski definition) is 3. The van der Waals surface area contributed by atoms with Gasteiger partial charge in [-0.3, -0.25) is 9.59 Å². The van der Waals surface area contributed by atoms with Crippen molar-refractivity contribution in [3.63, 3.8) is 0 Å². The second-order valence-corrected chi connectivity index (χ2v) is 8.82. The molecule has 1 fully saturated rings. The first kappa shape index (κ1) is 21.0. The Hall–Kier alpha value is -2.71. The number of carbonyl (C=O) groups excluding carboxylic acids is 2. The van der Waals surface area contributed by atoms with Crippen LogP contribution in [0.4, 0.5) is 0 Å². The highest BCUT2D eigenvalue weighted by Crippen LogP contribution is 2.19. The van der Waals surface area contributed by atoms with E-state index in [0.29, 0.717) is 6.42 Å². The summed E-state index contributed by atoms with van der Waals surface area (Å²) < 4.78 is 26.8. The van der Waals surface area contributed by atoms with Gasteiger partial charge < -0.3 is 10.6 Å². The largest absolute Gasteiger partial charge is 0.352 e. The second-order valence-electron chi connectivity index (χ2n) is 7.05. The van der Waals surface area contributed by atoms with Crippen LogP contribution >= 0.6 is 0 Å². The maximum Gasteiger partial charge on any atom is 0.243 e. The van der Waals surface area contributed by atoms with Crippen LogP contribution in [-0.2, 0) is 26.0 Å². The van der Waals surface area contributed by atoms with Crippen molar-refractivity contribution < 1.29 is 18.0 Å². The molecule has 0 radical (unpaired) electrons. The molecule has 0 bridgehead atoms. The molecule has 0 heterocycles. The minimum atomic E-state index is -3.67. The summed E-state index contributed by atoms with van der Waals surface area (Å²) in [5, 5.41) is 5.65. The summed E-state index contributed by atoms with van der Waals surface area (Å²) in [6.07, 6.45) is 2.23. The Labute approximate surface area is 171 Å². The summed E-state index contributed by atoms with van der Waals surface area (Å²) in [6, 6.07) is 16.9. The number of rotatable bonds is 10. The molecule has 2 aromatic rings. The van der Waals surface area contributed by atoms with Gasteiger partial charge in [0.15, 0.2) is 0 Å². The molecule has 0 aromatic heterocycles. The minimum absolute atomic E-state index is 0.0502. The maximum absolute atomic E-state index is 12.5. The van der Waals surface area contributed by atoms with Crippen molar-refractivity contribution >= 4 is 21.8 Å². The molecule has 3 N–H and O–H groups in total. The van der Waals surface area contributed by atoms with E-state index in [1.54, 1.807) is 18.2 Å². The predicted molar refractivity (Wildman–Crippen MR) is 109 cm³/mol. The van der Waals surface area contributed by atoms with E-state index in [1.807, 2.05) is 30.3 Å². The van der Waals surface area contributed by atoms with Crippen LogP contribution in [0.5, 0.6) is 0 Å². The van der Waals surface area contributed by atoms with E-state index in [2.05, 4.69) is 15.4 Å². The van der Waals surface area contributed by atoms with Gasteiger partial charge in [0.2, 0.25) is 21.8 Å². The molecule has 7 nitrogen and oxygen atoms in total. The third-order valence-electron chi connectivity index (χ3n) is 4.56. The van der Waals surface area contributed by atoms with Gasteiger partial charge >= 0.3 is 0 Å². The highest BCUT2D eigenvalue weighted by molar-refractivity contribution is 7.89. The van der Waals surface area contributed by atoms with Crippen LogP contribution < -0.4 is 15.4 Å². The Morgan fingerprint density at radius 3 is 2.21 bits per heavy atom. The van der Waals surface area contributed by atoms with Crippen LogP contribution in [-0.4, -0.2) is 38.9 Å². The Balaban J connectivity index is 1.54. The van der Waals surface area contributed by atoms with Crippen LogP contribution in [0.25, 0.3) is 0 Å². The van der Waals surface area contributed by atoms with E-state index in [4.69, 9.17) is 0 Å². The van der Waals surface area contributed by atoms with Crippen molar-refractivity contribution in [3.8, 4) is 0 Å². The van der Waals surface area contributed by atoms with Crippen molar-refractivity contribution in [1.82, 2.24) is 15.4 Å². The van der Waals surface area contributed by atoms with E-state index in [-0.39, 0.29) is 35.7 Å². The van der Waals surface area contributed by atoms with Crippen LogP contribution in [0.3, 0.4) is 0 Å². The molecule has 1 saturated carbocycles. The Morgan fingerprint density at radius 1 is 0.966 bits per heavy atom. The van der Waals surface area contributed by atoms with E-state index < -0.39 is 16.1 Å². The van der Waals surface area contributed by atoms with E-state index in [1.165, 1.54) is 12.1 Å². The normalized spacial score (nSPS) is 14.8. The van der Waals surface area contributed by atoms with Gasteiger partial charge in [-0.25, -0.2) is 13.1 Å². The first-order chi connectivity index (χ1) is 13.9. The number of benzene rings is 2. The molecule has 2 amide bonds. The summed E-state index contributed by atoms with van der Waals surface area (Å²) in [5.41, 5.74) is 0.938. The van der Waals surface area contributed by atoms with Gasteiger partial charge in [0.05, 0.1) is 4.90 Å². The zero-order valence-corrected chi connectivity index (χ0v) is 16.8. The summed E-state index contributed by atoms with van der Waals surface area (Å²) >= 11 is 0. The topological polar surface area (TPSA) is 104 Å². The minimum Gasteiger partial charge on any atom is -0.352 e. The van der Waals surface area contributed by atoms with Crippen LogP contribution in [0.2, 0.25) is 0 Å². The molecule has 3 rings (SSSR count). The van der Waals surface area contributed by atoms with Crippen LogP contribution in [0, 0.1) is 0 Å². The third-order valence-corrected chi connectivity index (χ3v) is 6.03. The molecule has 1 unspecified atom stereocenters. The standard InChI is InChI=1S/C21H25N3O4S/c25-20(13-14-22-29(27,28)18-9-5-2-6-10-18)24-19(21(26)23-17-11-12-17)15-16-7-3-1-4-8-16/h1-10,17,19,22H,11-15H2,(H,23,26)(H,24,25). The average molecular weight is 416 g/mol. The van der Waals surface area contributed by atoms with Crippen molar-refractivity contribution in [2.24, 2.45) is 0 Å². The molecular weight excluding hydrogens is 390 g/mol. The number of amides is 2. The molecule has 154 valence electrons. The fourth-order valence-electron chi connectivity index (χ4n) is 2.84. The van der Waals surface area contributed by atoms with Gasteiger partial charge in [0, 0.05) is 25.4 Å². The van der Waals surface area contributed by atoms with Gasteiger partial charge in [-0.2, -0.15) is 0 Å². The van der Waals surface area contributed by atoms with Gasteiger partial charge in [-0.05, 0) is 30.5 Å². The van der Waals surface area contributed by atoms with Crippen molar-refractivity contribution in [2.75, 3.05) is 6.54 Å². The monoisotopic (exact) mass is 415 g/mol. The molecule has 1 aliphatic rings. The molecule has 8 heteroatoms. The maximum atomic E-state index is 12.5. The second kappa shape index (κ2) is 9.67. The summed E-state index contributed by atoms with van der Waals surface area (Å²) in [4.78, 5) is 25.0. The molecule has 1 atom stereocenters. The first-order valence-corrected chi connectivity index (χ1v) is 11.1. The lowest BCUT2D eigenvalue weighted by atomic mass is 10.0. The quantitative estimate of drug-likeness (QED) is 0.545. The first-order valence-electron chi connectivity index (χ1n) is 9.62. The van der Waals surface area contributed by atoms with Gasteiger partial charge in [0.1, 0.15) is 6.04 Å². The SMILES string of the molecule is O=C(CCNS(=O)(=O)c1ccccc1)NC(Cc1ccccc1)C(=O)NC1CC1. The van der Waals surface area contributed by atoms with Crippen LogP contribution in [0.15, 0.2) is 65.6 Å². The molecule has 29 heavy (non-hydrogen) atoms. The van der Waals surface area contributed by atoms with Gasteiger partial charge in [0.25, 0.3) is 0 Å². The van der Waals surface area contributed by atoms with Gasteiger partial charge in [-0.15, -0.1) is 0 Å². The van der Waals surface area contributed by atoms with E-state index in [9.17, 15) is 18.0 Å². The Bertz CT molecular complexity index is 929. The molecular formula is C21H25N3O4S. The summed E-state index contributed by atoms with van der Waals surface area (Å²) in [7, 11) is -3.67. The van der Waals surface area contributed by atoms with E-state index in [0.717, 1.165) is 18.4 Å². The van der Waals surface area contributed by atoms with Crippen molar-refractivity contribution in [3.05, 3.63) is 66.2 Å². The smallest absolute Gasteiger partial charge is 0.243 e. The molecule has 2 aromatic carbocycles. The Morgan fingerprint density at radius 2 is 1.59 bits per heavy atom. The average Bonchev–Trinajstić information content (AvgIpc) is 3.53. The lowest BCUT2D eigenvalue weighted by Gasteiger charge is -2.19.